The van der Waals surface area contributed by atoms with Crippen molar-refractivity contribution in [2.45, 2.75) is 26.8 Å². The molecule has 0 aromatic rings. The SMILES string of the molecule is COC(=O)N[C@@H](C(C)=O)C(C)C.[HH]. The summed E-state index contributed by atoms with van der Waals surface area (Å²) < 4.78 is 4.38. The van der Waals surface area contributed by atoms with Crippen LogP contribution >= 0.6 is 0 Å². The minimum atomic E-state index is -0.566. The first-order valence-corrected chi connectivity index (χ1v) is 3.84. The molecule has 12 heavy (non-hydrogen) atoms. The van der Waals surface area contributed by atoms with Crippen LogP contribution in [0.4, 0.5) is 4.79 Å². The maximum Gasteiger partial charge on any atom is 0.407 e. The van der Waals surface area contributed by atoms with Gasteiger partial charge in [-0.3, -0.25) is 4.79 Å². The molecule has 0 spiro atoms. The molecule has 4 nitrogen and oxygen atoms in total. The molecular formula is C8H17NO3. The molecule has 0 radical (unpaired) electrons. The highest BCUT2D eigenvalue weighted by Gasteiger charge is 2.20. The average Bonchev–Trinajstić information content (AvgIpc) is 1.98. The lowest BCUT2D eigenvalue weighted by Crippen LogP contribution is -2.43. The second kappa shape index (κ2) is 4.74. The smallest absolute Gasteiger partial charge is 0.407 e. The van der Waals surface area contributed by atoms with E-state index in [1.165, 1.54) is 14.0 Å². The van der Waals surface area contributed by atoms with Gasteiger partial charge in [-0.25, -0.2) is 4.79 Å². The number of ether oxygens (including phenoxy) is 1. The minimum Gasteiger partial charge on any atom is -0.453 e. The van der Waals surface area contributed by atoms with Gasteiger partial charge >= 0.3 is 6.09 Å². The summed E-state index contributed by atoms with van der Waals surface area (Å²) in [7, 11) is 1.27. The van der Waals surface area contributed by atoms with Crippen molar-refractivity contribution >= 4 is 11.9 Å². The Labute approximate surface area is 73.8 Å². The van der Waals surface area contributed by atoms with Crippen LogP contribution in [-0.4, -0.2) is 25.0 Å². The van der Waals surface area contributed by atoms with E-state index >= 15 is 0 Å². The molecule has 0 bridgehead atoms. The van der Waals surface area contributed by atoms with E-state index in [-0.39, 0.29) is 13.1 Å². The summed E-state index contributed by atoms with van der Waals surface area (Å²) in [5.41, 5.74) is 0. The van der Waals surface area contributed by atoms with Gasteiger partial charge in [0, 0.05) is 1.43 Å². The molecule has 0 heterocycles. The van der Waals surface area contributed by atoms with Crippen molar-refractivity contribution in [1.29, 1.82) is 0 Å². The first-order chi connectivity index (χ1) is 5.49. The molecule has 0 unspecified atom stereocenters. The first-order valence-electron chi connectivity index (χ1n) is 3.84. The molecule has 0 aliphatic rings. The Kier molecular flexibility index (Phi) is 4.33. The molecule has 0 aromatic heterocycles. The fourth-order valence-corrected chi connectivity index (χ4v) is 0.924. The summed E-state index contributed by atoms with van der Waals surface area (Å²) in [6.45, 7) is 5.17. The largest absolute Gasteiger partial charge is 0.453 e. The molecule has 1 atom stereocenters. The van der Waals surface area contributed by atoms with E-state index in [0.717, 1.165) is 0 Å². The van der Waals surface area contributed by atoms with Crippen molar-refractivity contribution in [2.75, 3.05) is 7.11 Å². The number of carbonyl (C=O) groups is 2. The fraction of sp³-hybridized carbons (Fsp3) is 0.750. The van der Waals surface area contributed by atoms with Gasteiger partial charge in [0.05, 0.1) is 13.2 Å². The minimum absolute atomic E-state index is 0. The summed E-state index contributed by atoms with van der Waals surface area (Å²) in [6.07, 6.45) is -0.566. The second-order valence-electron chi connectivity index (χ2n) is 2.97. The van der Waals surface area contributed by atoms with E-state index in [0.29, 0.717) is 0 Å². The Morgan fingerprint density at radius 3 is 2.17 bits per heavy atom. The van der Waals surface area contributed by atoms with Gasteiger partial charge in [0.15, 0.2) is 5.78 Å². The topological polar surface area (TPSA) is 55.4 Å². The summed E-state index contributed by atoms with van der Waals surface area (Å²) in [4.78, 5) is 21.7. The van der Waals surface area contributed by atoms with Crippen LogP contribution in [0, 0.1) is 5.92 Å². The molecule has 0 saturated heterocycles. The van der Waals surface area contributed by atoms with Gasteiger partial charge in [0.2, 0.25) is 0 Å². The predicted octanol–water partition coefficient (Wildman–Crippen LogP) is 1.20. The van der Waals surface area contributed by atoms with Crippen molar-refractivity contribution < 1.29 is 15.8 Å². The molecule has 0 saturated carbocycles. The molecule has 0 aromatic carbocycles. The maximum absolute atomic E-state index is 11.0. The van der Waals surface area contributed by atoms with Gasteiger partial charge in [0.1, 0.15) is 0 Å². The van der Waals surface area contributed by atoms with E-state index in [1.54, 1.807) is 0 Å². The zero-order chi connectivity index (χ0) is 9.72. The summed E-state index contributed by atoms with van der Waals surface area (Å²) >= 11 is 0. The molecule has 1 amide bonds. The fourth-order valence-electron chi connectivity index (χ4n) is 0.924. The highest BCUT2D eigenvalue weighted by molar-refractivity contribution is 5.85. The summed E-state index contributed by atoms with van der Waals surface area (Å²) in [6, 6.07) is -0.447. The molecular weight excluding hydrogens is 158 g/mol. The lowest BCUT2D eigenvalue weighted by atomic mass is 10.0. The third-order valence-corrected chi connectivity index (χ3v) is 1.56. The maximum atomic E-state index is 11.0. The van der Waals surface area contributed by atoms with E-state index in [2.05, 4.69) is 10.1 Å². The van der Waals surface area contributed by atoms with Crippen LogP contribution in [0.3, 0.4) is 0 Å². The highest BCUT2D eigenvalue weighted by Crippen LogP contribution is 2.02. The zero-order valence-corrected chi connectivity index (χ0v) is 7.88. The molecule has 0 aliphatic heterocycles. The standard InChI is InChI=1S/C8H15NO3.H2/c1-5(2)7(6(3)10)9-8(11)12-4;/h5,7H,1-4H3,(H,9,11);1H/t7-;/m1./s1. The van der Waals surface area contributed by atoms with Crippen molar-refractivity contribution in [3.8, 4) is 0 Å². The van der Waals surface area contributed by atoms with Crippen LogP contribution in [-0.2, 0) is 9.53 Å². The zero-order valence-electron chi connectivity index (χ0n) is 7.88. The number of rotatable bonds is 3. The van der Waals surface area contributed by atoms with Crippen molar-refractivity contribution in [2.24, 2.45) is 5.92 Å². The molecule has 0 fully saturated rings. The number of hydrogen-bond donors (Lipinski definition) is 1. The van der Waals surface area contributed by atoms with Crippen molar-refractivity contribution in [1.82, 2.24) is 5.32 Å². The Morgan fingerprint density at radius 2 is 1.92 bits per heavy atom. The van der Waals surface area contributed by atoms with E-state index in [4.69, 9.17) is 0 Å². The number of methoxy groups -OCH3 is 1. The highest BCUT2D eigenvalue weighted by atomic mass is 16.5. The van der Waals surface area contributed by atoms with Crippen molar-refractivity contribution in [3.63, 3.8) is 0 Å². The predicted molar refractivity (Wildman–Crippen MR) is 47.0 cm³/mol. The number of hydrogen-bond acceptors (Lipinski definition) is 3. The number of carbonyl (C=O) groups excluding carboxylic acids is 2. The van der Waals surface area contributed by atoms with E-state index in [9.17, 15) is 9.59 Å². The first kappa shape index (κ1) is 10.9. The van der Waals surface area contributed by atoms with Gasteiger partial charge in [-0.15, -0.1) is 0 Å². The number of amides is 1. The van der Waals surface area contributed by atoms with Crippen LogP contribution in [0.15, 0.2) is 0 Å². The lowest BCUT2D eigenvalue weighted by Gasteiger charge is -2.18. The number of nitrogens with one attached hydrogen (secondary N) is 1. The van der Waals surface area contributed by atoms with Gasteiger partial charge < -0.3 is 10.1 Å². The monoisotopic (exact) mass is 175 g/mol. The van der Waals surface area contributed by atoms with Gasteiger partial charge in [-0.1, -0.05) is 13.8 Å². The third kappa shape index (κ3) is 3.37. The van der Waals surface area contributed by atoms with Crippen LogP contribution in [0.5, 0.6) is 0 Å². The van der Waals surface area contributed by atoms with E-state index in [1.807, 2.05) is 13.8 Å². The Bertz CT molecular complexity index is 182. The molecule has 0 rings (SSSR count). The van der Waals surface area contributed by atoms with Crippen LogP contribution in [0.2, 0.25) is 0 Å². The summed E-state index contributed by atoms with van der Waals surface area (Å²) in [5, 5.41) is 2.45. The molecule has 0 aliphatic carbocycles. The molecule has 72 valence electrons. The number of Topliss-reactive ketones (excluding diaryl/α,β-unsaturated/α-hetero) is 1. The normalized spacial score (nSPS) is 12.4. The van der Waals surface area contributed by atoms with Crippen LogP contribution in [0.25, 0.3) is 0 Å². The molecule has 1 N–H and O–H groups in total. The lowest BCUT2D eigenvalue weighted by molar-refractivity contribution is -0.119. The third-order valence-electron chi connectivity index (χ3n) is 1.56. The average molecular weight is 175 g/mol. The van der Waals surface area contributed by atoms with Crippen LogP contribution in [0.1, 0.15) is 22.2 Å². The van der Waals surface area contributed by atoms with Crippen LogP contribution < -0.4 is 5.32 Å². The Balaban J connectivity index is 0. The second-order valence-corrected chi connectivity index (χ2v) is 2.97. The number of alkyl carbamates (subject to hydrolysis) is 1. The quantitative estimate of drug-likeness (QED) is 0.701. The molecule has 4 heteroatoms. The summed E-state index contributed by atoms with van der Waals surface area (Å²) in [5.74, 6) is 0.0250. The van der Waals surface area contributed by atoms with Gasteiger partial charge in [0.25, 0.3) is 0 Å². The number of ketones is 1. The van der Waals surface area contributed by atoms with Gasteiger partial charge in [-0.05, 0) is 12.8 Å². The van der Waals surface area contributed by atoms with Crippen molar-refractivity contribution in [3.05, 3.63) is 0 Å². The van der Waals surface area contributed by atoms with Gasteiger partial charge in [-0.2, -0.15) is 0 Å². The van der Waals surface area contributed by atoms with E-state index < -0.39 is 12.1 Å². The Morgan fingerprint density at radius 1 is 1.42 bits per heavy atom. The Hall–Kier alpha value is -1.06.